The highest BCUT2D eigenvalue weighted by atomic mass is 19.1. The number of nitrogens with zero attached hydrogens (tertiary/aromatic N) is 2. The fourth-order valence-corrected chi connectivity index (χ4v) is 3.93. The summed E-state index contributed by atoms with van der Waals surface area (Å²) in [5, 5.41) is 10.7. The Bertz CT molecular complexity index is 1390. The lowest BCUT2D eigenvalue weighted by Crippen LogP contribution is -2.52. The van der Waals surface area contributed by atoms with Gasteiger partial charge in [-0.3, -0.25) is 9.59 Å². The number of methoxy groups -OCH3 is 1. The van der Waals surface area contributed by atoms with Gasteiger partial charge in [-0.2, -0.15) is 5.10 Å². The predicted molar refractivity (Wildman–Crippen MR) is 133 cm³/mol. The molecule has 4 aromatic rings. The molecule has 9 heteroatoms. The Labute approximate surface area is 208 Å². The molecule has 2 amide bonds. The molecule has 3 aromatic carbocycles. The van der Waals surface area contributed by atoms with Crippen LogP contribution in [0.25, 0.3) is 16.6 Å². The van der Waals surface area contributed by atoms with Crippen LogP contribution in [0.5, 0.6) is 11.5 Å². The van der Waals surface area contributed by atoms with E-state index in [-0.39, 0.29) is 18.3 Å². The maximum atomic E-state index is 13.3. The zero-order valence-corrected chi connectivity index (χ0v) is 20.2. The number of benzene rings is 3. The van der Waals surface area contributed by atoms with Crippen molar-refractivity contribution in [2.24, 2.45) is 0 Å². The van der Waals surface area contributed by atoms with E-state index in [1.807, 2.05) is 31.2 Å². The van der Waals surface area contributed by atoms with Crippen LogP contribution < -0.4 is 20.1 Å². The second-order valence-corrected chi connectivity index (χ2v) is 8.23. The summed E-state index contributed by atoms with van der Waals surface area (Å²) in [5.74, 6) is 0.0878. The first-order valence-electron chi connectivity index (χ1n) is 11.5. The Morgan fingerprint density at radius 3 is 2.53 bits per heavy atom. The smallest absolute Gasteiger partial charge is 0.242 e. The van der Waals surface area contributed by atoms with E-state index in [0.717, 1.165) is 16.6 Å². The first-order valence-corrected chi connectivity index (χ1v) is 11.5. The van der Waals surface area contributed by atoms with E-state index in [9.17, 15) is 14.0 Å². The number of hydrogen-bond donors (Lipinski definition) is 2. The van der Waals surface area contributed by atoms with Gasteiger partial charge in [0.2, 0.25) is 17.5 Å². The maximum Gasteiger partial charge on any atom is 0.242 e. The van der Waals surface area contributed by atoms with Gasteiger partial charge in [-0.05, 0) is 54.6 Å². The van der Waals surface area contributed by atoms with Gasteiger partial charge in [-0.1, -0.05) is 19.1 Å². The standard InChI is InChI=1S/C27H27FN4O4/c1-4-27(31-26(34)17-29-18(2)33,20-6-5-7-23(15-20)35-3)36-24-12-13-25-19(14-24)16-30-32(25)22-10-8-21(28)9-11-22/h5-16H,4,17H2,1-3H3,(H,29,33)(H,31,34)/t27-/m1/s1. The van der Waals surface area contributed by atoms with Crippen LogP contribution in [0.15, 0.2) is 72.9 Å². The van der Waals surface area contributed by atoms with Crippen molar-refractivity contribution in [1.29, 1.82) is 0 Å². The van der Waals surface area contributed by atoms with Gasteiger partial charge in [-0.15, -0.1) is 0 Å². The number of carbonyl (C=O) groups is 2. The van der Waals surface area contributed by atoms with Gasteiger partial charge in [0.15, 0.2) is 0 Å². The molecule has 36 heavy (non-hydrogen) atoms. The minimum atomic E-state index is -1.23. The highest BCUT2D eigenvalue weighted by Crippen LogP contribution is 2.33. The van der Waals surface area contributed by atoms with Gasteiger partial charge < -0.3 is 20.1 Å². The summed E-state index contributed by atoms with van der Waals surface area (Å²) < 4.78 is 26.9. The zero-order chi connectivity index (χ0) is 25.7. The van der Waals surface area contributed by atoms with Crippen molar-refractivity contribution in [1.82, 2.24) is 20.4 Å². The summed E-state index contributed by atoms with van der Waals surface area (Å²) in [5.41, 5.74) is 0.990. The van der Waals surface area contributed by atoms with Crippen molar-refractivity contribution < 1.29 is 23.5 Å². The topological polar surface area (TPSA) is 94.5 Å². The molecule has 0 aliphatic carbocycles. The fraction of sp³-hybridized carbons (Fsp3) is 0.222. The van der Waals surface area contributed by atoms with Gasteiger partial charge in [0.05, 0.1) is 31.1 Å². The molecule has 8 nitrogen and oxygen atoms in total. The van der Waals surface area contributed by atoms with Crippen molar-refractivity contribution in [2.45, 2.75) is 26.0 Å². The number of amides is 2. The molecule has 1 aromatic heterocycles. The Kier molecular flexibility index (Phi) is 7.19. The number of ether oxygens (including phenoxy) is 2. The first-order chi connectivity index (χ1) is 17.3. The van der Waals surface area contributed by atoms with Crippen LogP contribution in [0.3, 0.4) is 0 Å². The van der Waals surface area contributed by atoms with Crippen molar-refractivity contribution in [3.05, 3.63) is 84.3 Å². The highest BCUT2D eigenvalue weighted by molar-refractivity contribution is 5.84. The first kappa shape index (κ1) is 24.7. The number of halogens is 1. The van der Waals surface area contributed by atoms with Crippen molar-refractivity contribution in [3.8, 4) is 17.2 Å². The van der Waals surface area contributed by atoms with Crippen LogP contribution in [0.4, 0.5) is 4.39 Å². The molecule has 0 aliphatic heterocycles. The average molecular weight is 491 g/mol. The molecule has 186 valence electrons. The Morgan fingerprint density at radius 2 is 1.83 bits per heavy atom. The molecule has 0 unspecified atom stereocenters. The van der Waals surface area contributed by atoms with Crippen LogP contribution >= 0.6 is 0 Å². The quantitative estimate of drug-likeness (QED) is 0.345. The predicted octanol–water partition coefficient (Wildman–Crippen LogP) is 4.07. The van der Waals surface area contributed by atoms with Gasteiger partial charge >= 0.3 is 0 Å². The lowest BCUT2D eigenvalue weighted by molar-refractivity contribution is -0.130. The number of rotatable bonds is 9. The molecule has 2 N–H and O–H groups in total. The van der Waals surface area contributed by atoms with Crippen molar-refractivity contribution >= 4 is 22.7 Å². The number of nitrogens with one attached hydrogen (secondary N) is 2. The number of aromatic nitrogens is 2. The minimum Gasteiger partial charge on any atom is -0.497 e. The largest absolute Gasteiger partial charge is 0.497 e. The summed E-state index contributed by atoms with van der Waals surface area (Å²) >= 11 is 0. The second-order valence-electron chi connectivity index (χ2n) is 8.23. The highest BCUT2D eigenvalue weighted by Gasteiger charge is 2.35. The normalized spacial score (nSPS) is 12.6. The molecule has 0 saturated heterocycles. The summed E-state index contributed by atoms with van der Waals surface area (Å²) in [4.78, 5) is 24.1. The van der Waals surface area contributed by atoms with Gasteiger partial charge in [0.1, 0.15) is 17.3 Å². The summed E-state index contributed by atoms with van der Waals surface area (Å²) in [7, 11) is 1.57. The zero-order valence-electron chi connectivity index (χ0n) is 20.2. The van der Waals surface area contributed by atoms with E-state index in [4.69, 9.17) is 9.47 Å². The lowest BCUT2D eigenvalue weighted by atomic mass is 9.98. The Hall–Kier alpha value is -4.40. The molecule has 1 heterocycles. The Balaban J connectivity index is 1.70. The third-order valence-corrected chi connectivity index (χ3v) is 5.78. The van der Waals surface area contributed by atoms with Crippen LogP contribution in [0, 0.1) is 5.82 Å². The third kappa shape index (κ3) is 5.30. The summed E-state index contributed by atoms with van der Waals surface area (Å²) in [6, 6.07) is 18.8. The maximum absolute atomic E-state index is 13.3. The molecular formula is C27H27FN4O4. The molecule has 4 rings (SSSR count). The molecule has 0 aliphatic rings. The van der Waals surface area contributed by atoms with Crippen molar-refractivity contribution in [3.63, 3.8) is 0 Å². The lowest BCUT2D eigenvalue weighted by Gasteiger charge is -2.35. The molecule has 1 atom stereocenters. The van der Waals surface area contributed by atoms with Gasteiger partial charge in [0.25, 0.3) is 0 Å². The molecule has 0 spiro atoms. The third-order valence-electron chi connectivity index (χ3n) is 5.78. The number of carbonyl (C=O) groups excluding carboxylic acids is 2. The van der Waals surface area contributed by atoms with E-state index < -0.39 is 11.6 Å². The second kappa shape index (κ2) is 10.5. The number of fused-ring (bicyclic) bond motifs is 1. The van der Waals surface area contributed by atoms with Gasteiger partial charge in [-0.25, -0.2) is 9.07 Å². The van der Waals surface area contributed by atoms with Crippen LogP contribution in [-0.2, 0) is 15.3 Å². The monoisotopic (exact) mass is 490 g/mol. The van der Waals surface area contributed by atoms with E-state index in [0.29, 0.717) is 23.5 Å². The Morgan fingerprint density at radius 1 is 1.06 bits per heavy atom. The fourth-order valence-electron chi connectivity index (χ4n) is 3.93. The molecule has 0 bridgehead atoms. The molecule has 0 saturated carbocycles. The molecule has 0 radical (unpaired) electrons. The molecule has 0 fully saturated rings. The van der Waals surface area contributed by atoms with E-state index in [2.05, 4.69) is 15.7 Å². The molecular weight excluding hydrogens is 463 g/mol. The van der Waals surface area contributed by atoms with Crippen LogP contribution in [-0.4, -0.2) is 35.2 Å². The summed E-state index contributed by atoms with van der Waals surface area (Å²) in [6.07, 6.45) is 2.08. The SMILES string of the molecule is CC[C@@](NC(=O)CNC(C)=O)(Oc1ccc2c(cnn2-c2ccc(F)cc2)c1)c1cccc(OC)c1. The van der Waals surface area contributed by atoms with E-state index >= 15 is 0 Å². The minimum absolute atomic E-state index is 0.187. The average Bonchev–Trinajstić information content (AvgIpc) is 3.30. The van der Waals surface area contributed by atoms with Crippen molar-refractivity contribution in [2.75, 3.05) is 13.7 Å². The summed E-state index contributed by atoms with van der Waals surface area (Å²) in [6.45, 7) is 3.05. The van der Waals surface area contributed by atoms with Crippen LogP contribution in [0.2, 0.25) is 0 Å². The van der Waals surface area contributed by atoms with E-state index in [1.165, 1.54) is 19.1 Å². The van der Waals surface area contributed by atoms with Crippen LogP contribution in [0.1, 0.15) is 25.8 Å². The van der Waals surface area contributed by atoms with Gasteiger partial charge in [0, 0.05) is 24.3 Å². The van der Waals surface area contributed by atoms with E-state index in [1.54, 1.807) is 48.3 Å². The number of hydrogen-bond acceptors (Lipinski definition) is 5.